The molecule has 0 spiro atoms. The lowest BCUT2D eigenvalue weighted by atomic mass is 10.0. The zero-order chi connectivity index (χ0) is 23.0. The number of methoxy groups -OCH3 is 1. The number of ether oxygens (including phenoxy) is 3. The molecule has 2 aliphatic heterocycles. The van der Waals surface area contributed by atoms with Gasteiger partial charge in [-0.1, -0.05) is 24.6 Å². The van der Waals surface area contributed by atoms with Crippen LogP contribution in [0.3, 0.4) is 0 Å². The SMILES string of the molecule is COC(=O)[C@@H]1CCCCN1Cc1ccc2c(c1)CN(Cc1cccc(OCCO)c1)CCO2. The molecule has 2 aliphatic rings. The number of rotatable bonds is 8. The summed E-state index contributed by atoms with van der Waals surface area (Å²) >= 11 is 0. The number of aliphatic hydroxyl groups excluding tert-OH is 1. The first-order chi connectivity index (χ1) is 16.2. The number of hydrogen-bond donors (Lipinski definition) is 1. The molecular weight excluding hydrogens is 420 g/mol. The predicted octanol–water partition coefficient (Wildman–Crippen LogP) is 2.98. The van der Waals surface area contributed by atoms with E-state index in [4.69, 9.17) is 19.3 Å². The zero-order valence-electron chi connectivity index (χ0n) is 19.4. The fourth-order valence-electron chi connectivity index (χ4n) is 4.71. The van der Waals surface area contributed by atoms with Gasteiger partial charge in [0.1, 0.15) is 30.8 Å². The van der Waals surface area contributed by atoms with Gasteiger partial charge in [0.2, 0.25) is 0 Å². The normalized spacial score (nSPS) is 19.3. The molecule has 1 saturated heterocycles. The molecule has 33 heavy (non-hydrogen) atoms. The molecule has 0 unspecified atom stereocenters. The number of aliphatic hydroxyl groups is 1. The van der Waals surface area contributed by atoms with Gasteiger partial charge in [0.25, 0.3) is 0 Å². The van der Waals surface area contributed by atoms with Gasteiger partial charge in [-0.15, -0.1) is 0 Å². The quantitative estimate of drug-likeness (QED) is 0.615. The third-order valence-electron chi connectivity index (χ3n) is 6.32. The molecule has 178 valence electrons. The summed E-state index contributed by atoms with van der Waals surface area (Å²) in [7, 11) is 1.47. The Hall–Kier alpha value is -2.61. The number of nitrogens with zero attached hydrogens (tertiary/aromatic N) is 2. The van der Waals surface area contributed by atoms with Crippen LogP contribution in [0, 0.1) is 0 Å². The van der Waals surface area contributed by atoms with Gasteiger partial charge in [-0.25, -0.2) is 0 Å². The van der Waals surface area contributed by atoms with E-state index in [1.165, 1.54) is 23.8 Å². The van der Waals surface area contributed by atoms with Crippen molar-refractivity contribution in [3.8, 4) is 11.5 Å². The van der Waals surface area contributed by atoms with E-state index in [2.05, 4.69) is 34.1 Å². The van der Waals surface area contributed by atoms with Crippen LogP contribution in [-0.2, 0) is 29.2 Å². The van der Waals surface area contributed by atoms with Crippen LogP contribution in [0.1, 0.15) is 36.0 Å². The Morgan fingerprint density at radius 1 is 1.12 bits per heavy atom. The smallest absolute Gasteiger partial charge is 0.323 e. The highest BCUT2D eigenvalue weighted by Gasteiger charge is 2.29. The van der Waals surface area contributed by atoms with Crippen molar-refractivity contribution in [2.24, 2.45) is 0 Å². The van der Waals surface area contributed by atoms with E-state index in [9.17, 15) is 4.79 Å². The maximum atomic E-state index is 12.2. The molecule has 4 rings (SSSR count). The van der Waals surface area contributed by atoms with Crippen molar-refractivity contribution < 1.29 is 24.1 Å². The van der Waals surface area contributed by atoms with Crippen molar-refractivity contribution in [2.45, 2.75) is 44.9 Å². The lowest BCUT2D eigenvalue weighted by Crippen LogP contribution is -2.44. The van der Waals surface area contributed by atoms with E-state index >= 15 is 0 Å². The van der Waals surface area contributed by atoms with E-state index in [0.29, 0.717) is 13.2 Å². The minimum Gasteiger partial charge on any atom is -0.492 e. The highest BCUT2D eigenvalue weighted by molar-refractivity contribution is 5.75. The Morgan fingerprint density at radius 2 is 2.00 bits per heavy atom. The van der Waals surface area contributed by atoms with E-state index in [0.717, 1.165) is 63.5 Å². The summed E-state index contributed by atoms with van der Waals surface area (Å²) in [6.45, 7) is 5.01. The summed E-state index contributed by atoms with van der Waals surface area (Å²) in [6.07, 6.45) is 3.03. The molecule has 2 aromatic carbocycles. The first kappa shape index (κ1) is 23.5. The van der Waals surface area contributed by atoms with Crippen molar-refractivity contribution in [3.63, 3.8) is 0 Å². The van der Waals surface area contributed by atoms with Crippen molar-refractivity contribution in [1.82, 2.24) is 9.80 Å². The molecule has 2 heterocycles. The Kier molecular flexibility index (Phi) is 8.20. The third kappa shape index (κ3) is 6.25. The first-order valence-electron chi connectivity index (χ1n) is 11.8. The molecule has 0 saturated carbocycles. The topological polar surface area (TPSA) is 71.5 Å². The van der Waals surface area contributed by atoms with E-state index in [-0.39, 0.29) is 18.6 Å². The van der Waals surface area contributed by atoms with Crippen LogP contribution in [0.25, 0.3) is 0 Å². The monoisotopic (exact) mass is 454 g/mol. The molecule has 7 heteroatoms. The van der Waals surface area contributed by atoms with Crippen molar-refractivity contribution in [1.29, 1.82) is 0 Å². The van der Waals surface area contributed by atoms with Crippen LogP contribution in [0.15, 0.2) is 42.5 Å². The summed E-state index contributed by atoms with van der Waals surface area (Å²) in [4.78, 5) is 16.8. The molecule has 1 atom stereocenters. The van der Waals surface area contributed by atoms with Gasteiger partial charge in [-0.2, -0.15) is 0 Å². The van der Waals surface area contributed by atoms with Gasteiger partial charge < -0.3 is 19.3 Å². The second kappa shape index (κ2) is 11.5. The molecule has 0 amide bonds. The van der Waals surface area contributed by atoms with Gasteiger partial charge in [0.05, 0.1) is 13.7 Å². The molecule has 2 aromatic rings. The number of hydrogen-bond acceptors (Lipinski definition) is 7. The summed E-state index contributed by atoms with van der Waals surface area (Å²) < 4.78 is 16.6. The Bertz CT molecular complexity index is 935. The molecule has 0 aliphatic carbocycles. The number of carbonyl (C=O) groups is 1. The van der Waals surface area contributed by atoms with E-state index in [1.807, 2.05) is 18.2 Å². The lowest BCUT2D eigenvalue weighted by molar-refractivity contribution is -0.148. The third-order valence-corrected chi connectivity index (χ3v) is 6.32. The number of carbonyl (C=O) groups excluding carboxylic acids is 1. The fraction of sp³-hybridized carbons (Fsp3) is 0.500. The highest BCUT2D eigenvalue weighted by atomic mass is 16.5. The number of piperidine rings is 1. The molecule has 0 radical (unpaired) electrons. The average molecular weight is 455 g/mol. The number of fused-ring (bicyclic) bond motifs is 1. The maximum absolute atomic E-state index is 12.2. The van der Waals surface area contributed by atoms with E-state index < -0.39 is 0 Å². The van der Waals surface area contributed by atoms with Crippen LogP contribution in [0.4, 0.5) is 0 Å². The largest absolute Gasteiger partial charge is 0.492 e. The van der Waals surface area contributed by atoms with Crippen molar-refractivity contribution >= 4 is 5.97 Å². The summed E-state index contributed by atoms with van der Waals surface area (Å²) in [5.41, 5.74) is 3.53. The maximum Gasteiger partial charge on any atom is 0.323 e. The predicted molar refractivity (Wildman–Crippen MR) is 125 cm³/mol. The molecular formula is C26H34N2O5. The Balaban J connectivity index is 1.44. The fourth-order valence-corrected chi connectivity index (χ4v) is 4.71. The highest BCUT2D eigenvalue weighted by Crippen LogP contribution is 2.28. The van der Waals surface area contributed by atoms with Crippen LogP contribution >= 0.6 is 0 Å². The Morgan fingerprint density at radius 3 is 2.85 bits per heavy atom. The molecule has 1 N–H and O–H groups in total. The molecule has 0 aromatic heterocycles. The lowest BCUT2D eigenvalue weighted by Gasteiger charge is -2.33. The number of benzene rings is 2. The molecule has 1 fully saturated rings. The average Bonchev–Trinajstić information content (AvgIpc) is 3.04. The summed E-state index contributed by atoms with van der Waals surface area (Å²) in [5.74, 6) is 1.57. The second-order valence-electron chi connectivity index (χ2n) is 8.73. The minimum atomic E-state index is -0.157. The summed E-state index contributed by atoms with van der Waals surface area (Å²) in [5, 5.41) is 8.99. The van der Waals surface area contributed by atoms with E-state index in [1.54, 1.807) is 0 Å². The zero-order valence-corrected chi connectivity index (χ0v) is 19.4. The molecule has 0 bridgehead atoms. The summed E-state index contributed by atoms with van der Waals surface area (Å²) in [6, 6.07) is 14.3. The first-order valence-corrected chi connectivity index (χ1v) is 11.8. The van der Waals surface area contributed by atoms with Gasteiger partial charge in [-0.3, -0.25) is 14.6 Å². The van der Waals surface area contributed by atoms with Crippen LogP contribution in [-0.4, -0.2) is 66.9 Å². The van der Waals surface area contributed by atoms with Crippen LogP contribution in [0.2, 0.25) is 0 Å². The van der Waals surface area contributed by atoms with Crippen LogP contribution < -0.4 is 9.47 Å². The van der Waals surface area contributed by atoms with Crippen molar-refractivity contribution in [2.75, 3.05) is 40.0 Å². The van der Waals surface area contributed by atoms with Gasteiger partial charge in [-0.05, 0) is 54.8 Å². The van der Waals surface area contributed by atoms with Crippen LogP contribution in [0.5, 0.6) is 11.5 Å². The minimum absolute atomic E-state index is 0.00458. The second-order valence-corrected chi connectivity index (χ2v) is 8.73. The number of likely N-dealkylation sites (tertiary alicyclic amines) is 1. The van der Waals surface area contributed by atoms with Gasteiger partial charge >= 0.3 is 5.97 Å². The standard InChI is InChI=1S/C26H34N2O5/c1-31-26(30)24-7-2-3-10-28(24)18-21-8-9-25-22(15-21)19-27(11-13-33-25)17-20-5-4-6-23(16-20)32-14-12-29/h4-6,8-9,15-16,24,29H,2-3,7,10-14,17-19H2,1H3/t24-/m0/s1. The Labute approximate surface area is 195 Å². The number of esters is 1. The van der Waals surface area contributed by atoms with Gasteiger partial charge in [0.15, 0.2) is 0 Å². The van der Waals surface area contributed by atoms with Gasteiger partial charge in [0, 0.05) is 31.7 Å². The molecule has 7 nitrogen and oxygen atoms in total. The van der Waals surface area contributed by atoms with Crippen molar-refractivity contribution in [3.05, 3.63) is 59.2 Å².